The Balaban J connectivity index is 2.21. The largest absolute Gasteiger partial charge is 0.350 e. The molecule has 0 spiro atoms. The summed E-state index contributed by atoms with van der Waals surface area (Å²) >= 11 is 1.40. The summed E-state index contributed by atoms with van der Waals surface area (Å²) in [5, 5.41) is 12.1. The zero-order valence-electron chi connectivity index (χ0n) is 15.2. The highest BCUT2D eigenvalue weighted by molar-refractivity contribution is 8.00. The van der Waals surface area contributed by atoms with E-state index in [1.54, 1.807) is 18.5 Å². The van der Waals surface area contributed by atoms with Crippen molar-refractivity contribution >= 4 is 17.7 Å². The molecule has 0 aliphatic rings. The second kappa shape index (κ2) is 8.29. The van der Waals surface area contributed by atoms with Gasteiger partial charge in [-0.2, -0.15) is 0 Å². The molecule has 7 heteroatoms. The quantitative estimate of drug-likeness (QED) is 0.578. The van der Waals surface area contributed by atoms with Crippen LogP contribution >= 0.6 is 11.8 Å². The maximum atomic E-state index is 12.5. The Morgan fingerprint density at radius 2 is 2.08 bits per heavy atom. The van der Waals surface area contributed by atoms with E-state index in [9.17, 15) is 4.79 Å². The number of rotatable bonds is 8. The van der Waals surface area contributed by atoms with Crippen LogP contribution < -0.4 is 5.32 Å². The van der Waals surface area contributed by atoms with Crippen LogP contribution in [-0.2, 0) is 11.3 Å². The predicted molar refractivity (Wildman–Crippen MR) is 101 cm³/mol. The van der Waals surface area contributed by atoms with Crippen molar-refractivity contribution < 1.29 is 4.79 Å². The summed E-state index contributed by atoms with van der Waals surface area (Å²) in [6, 6.07) is 3.77. The third-order valence-corrected chi connectivity index (χ3v) is 5.04. The second-order valence-electron chi connectivity index (χ2n) is 6.43. The molecule has 25 heavy (non-hydrogen) atoms. The van der Waals surface area contributed by atoms with E-state index in [-0.39, 0.29) is 16.7 Å². The van der Waals surface area contributed by atoms with Crippen LogP contribution in [0.15, 0.2) is 42.3 Å². The fraction of sp³-hybridized carbons (Fsp3) is 0.444. The average Bonchev–Trinajstić information content (AvgIpc) is 2.98. The van der Waals surface area contributed by atoms with Crippen molar-refractivity contribution in [2.24, 2.45) is 0 Å². The van der Waals surface area contributed by atoms with Crippen LogP contribution in [0.25, 0.3) is 11.4 Å². The molecule has 0 aliphatic heterocycles. The van der Waals surface area contributed by atoms with Crippen molar-refractivity contribution in [2.75, 3.05) is 0 Å². The van der Waals surface area contributed by atoms with E-state index >= 15 is 0 Å². The molecule has 1 unspecified atom stereocenters. The minimum Gasteiger partial charge on any atom is -0.350 e. The van der Waals surface area contributed by atoms with E-state index in [2.05, 4.69) is 34.0 Å². The van der Waals surface area contributed by atoms with E-state index < -0.39 is 0 Å². The molecule has 1 amide bonds. The first-order valence-corrected chi connectivity index (χ1v) is 9.19. The van der Waals surface area contributed by atoms with E-state index in [1.807, 2.05) is 37.5 Å². The van der Waals surface area contributed by atoms with E-state index in [4.69, 9.17) is 0 Å². The van der Waals surface area contributed by atoms with Crippen molar-refractivity contribution in [1.29, 1.82) is 0 Å². The van der Waals surface area contributed by atoms with Crippen LogP contribution in [0.4, 0.5) is 0 Å². The maximum absolute atomic E-state index is 12.5. The predicted octanol–water partition coefficient (Wildman–Crippen LogP) is 3.31. The molecular formula is C18H25N5OS. The number of carbonyl (C=O) groups excluding carboxylic acids is 1. The molecule has 0 aromatic carbocycles. The summed E-state index contributed by atoms with van der Waals surface area (Å²) in [6.45, 7) is 12.4. The SMILES string of the molecule is C=CCn1c(SC(C)C(=O)NC(C)(C)CC)nnc1-c1ccncc1. The van der Waals surface area contributed by atoms with Crippen LogP contribution in [0.3, 0.4) is 0 Å². The maximum Gasteiger partial charge on any atom is 0.233 e. The number of amides is 1. The van der Waals surface area contributed by atoms with Gasteiger partial charge >= 0.3 is 0 Å². The summed E-state index contributed by atoms with van der Waals surface area (Å²) in [5.74, 6) is 0.738. The van der Waals surface area contributed by atoms with Gasteiger partial charge in [0.15, 0.2) is 11.0 Å². The van der Waals surface area contributed by atoms with Crippen LogP contribution in [-0.4, -0.2) is 36.4 Å². The summed E-state index contributed by atoms with van der Waals surface area (Å²) < 4.78 is 1.96. The van der Waals surface area contributed by atoms with Crippen LogP contribution in [0.5, 0.6) is 0 Å². The molecule has 1 atom stereocenters. The fourth-order valence-corrected chi connectivity index (χ4v) is 2.98. The monoisotopic (exact) mass is 359 g/mol. The Morgan fingerprint density at radius 1 is 1.40 bits per heavy atom. The average molecular weight is 359 g/mol. The highest BCUT2D eigenvalue weighted by Gasteiger charge is 2.24. The Bertz CT molecular complexity index is 726. The summed E-state index contributed by atoms with van der Waals surface area (Å²) in [6.07, 6.45) is 6.11. The number of hydrogen-bond donors (Lipinski definition) is 1. The zero-order valence-corrected chi connectivity index (χ0v) is 16.0. The molecule has 0 fully saturated rings. The summed E-state index contributed by atoms with van der Waals surface area (Å²) in [5.41, 5.74) is 0.712. The first-order chi connectivity index (χ1) is 11.9. The highest BCUT2D eigenvalue weighted by atomic mass is 32.2. The Morgan fingerprint density at radius 3 is 2.68 bits per heavy atom. The van der Waals surface area contributed by atoms with E-state index in [1.165, 1.54) is 11.8 Å². The molecule has 0 saturated carbocycles. The van der Waals surface area contributed by atoms with E-state index in [0.717, 1.165) is 17.8 Å². The van der Waals surface area contributed by atoms with Gasteiger partial charge in [-0.25, -0.2) is 0 Å². The van der Waals surface area contributed by atoms with Gasteiger partial charge in [-0.3, -0.25) is 14.3 Å². The number of pyridine rings is 1. The standard InChI is InChI=1S/C18H25N5OS/c1-6-12-23-15(14-8-10-19-11-9-14)21-22-17(23)25-13(3)16(24)20-18(4,5)7-2/h6,8-11,13H,1,7,12H2,2-5H3,(H,20,24). The van der Waals surface area contributed by atoms with Crippen molar-refractivity contribution in [3.63, 3.8) is 0 Å². The molecule has 0 saturated heterocycles. The van der Waals surface area contributed by atoms with Crippen molar-refractivity contribution in [3.05, 3.63) is 37.2 Å². The summed E-state index contributed by atoms with van der Waals surface area (Å²) in [7, 11) is 0. The highest BCUT2D eigenvalue weighted by Crippen LogP contribution is 2.27. The van der Waals surface area contributed by atoms with Gasteiger partial charge in [0.2, 0.25) is 5.91 Å². The molecule has 2 aromatic rings. The second-order valence-corrected chi connectivity index (χ2v) is 7.74. The summed E-state index contributed by atoms with van der Waals surface area (Å²) in [4.78, 5) is 16.5. The normalized spacial score (nSPS) is 12.6. The van der Waals surface area contributed by atoms with E-state index in [0.29, 0.717) is 11.7 Å². The van der Waals surface area contributed by atoms with Crippen molar-refractivity contribution in [2.45, 2.75) is 56.6 Å². The number of aromatic nitrogens is 4. The Labute approximate surface area is 153 Å². The van der Waals surface area contributed by atoms with Gasteiger partial charge in [0, 0.05) is 30.0 Å². The topological polar surface area (TPSA) is 72.7 Å². The van der Waals surface area contributed by atoms with Gasteiger partial charge in [-0.15, -0.1) is 16.8 Å². The first kappa shape index (κ1) is 19.2. The van der Waals surface area contributed by atoms with Gasteiger partial charge in [-0.1, -0.05) is 24.8 Å². The van der Waals surface area contributed by atoms with Crippen molar-refractivity contribution in [1.82, 2.24) is 25.1 Å². The molecule has 2 heterocycles. The molecule has 1 N–H and O–H groups in total. The van der Waals surface area contributed by atoms with Crippen molar-refractivity contribution in [3.8, 4) is 11.4 Å². The third-order valence-electron chi connectivity index (χ3n) is 3.96. The molecule has 2 rings (SSSR count). The molecular weight excluding hydrogens is 334 g/mol. The number of allylic oxidation sites excluding steroid dienone is 1. The van der Waals surface area contributed by atoms with Gasteiger partial charge in [0.25, 0.3) is 0 Å². The van der Waals surface area contributed by atoms with Gasteiger partial charge in [0.1, 0.15) is 0 Å². The van der Waals surface area contributed by atoms with Crippen LogP contribution in [0.1, 0.15) is 34.1 Å². The Hall–Kier alpha value is -2.15. The fourth-order valence-electron chi connectivity index (χ4n) is 2.12. The lowest BCUT2D eigenvalue weighted by Gasteiger charge is -2.26. The molecule has 0 radical (unpaired) electrons. The molecule has 6 nitrogen and oxygen atoms in total. The molecule has 2 aromatic heterocycles. The number of nitrogens with zero attached hydrogens (tertiary/aromatic N) is 4. The Kier molecular flexibility index (Phi) is 6.36. The lowest BCUT2D eigenvalue weighted by Crippen LogP contribution is -2.46. The number of nitrogens with one attached hydrogen (secondary N) is 1. The minimum atomic E-state index is -0.274. The number of hydrogen-bond acceptors (Lipinski definition) is 5. The van der Waals surface area contributed by atoms with Gasteiger partial charge in [-0.05, 0) is 39.3 Å². The van der Waals surface area contributed by atoms with Crippen LogP contribution in [0, 0.1) is 0 Å². The van der Waals surface area contributed by atoms with Crippen LogP contribution in [0.2, 0.25) is 0 Å². The molecule has 0 bridgehead atoms. The number of carbonyl (C=O) groups is 1. The minimum absolute atomic E-state index is 0.00420. The van der Waals surface area contributed by atoms with Gasteiger partial charge < -0.3 is 5.32 Å². The molecule has 0 aliphatic carbocycles. The third kappa shape index (κ3) is 4.92. The lowest BCUT2D eigenvalue weighted by atomic mass is 10.0. The molecule has 134 valence electrons. The first-order valence-electron chi connectivity index (χ1n) is 8.31. The smallest absolute Gasteiger partial charge is 0.233 e. The zero-order chi connectivity index (χ0) is 18.4. The lowest BCUT2D eigenvalue weighted by molar-refractivity contribution is -0.121. The number of thioether (sulfide) groups is 1. The van der Waals surface area contributed by atoms with Gasteiger partial charge in [0.05, 0.1) is 5.25 Å².